The molecule has 0 bridgehead atoms. The van der Waals surface area contributed by atoms with Gasteiger partial charge in [0.2, 0.25) is 10.1 Å². The van der Waals surface area contributed by atoms with Gasteiger partial charge in [0.15, 0.2) is 5.82 Å². The first kappa shape index (κ1) is 8.88. The SMILES string of the molecule is Nc1nn2c(CCC(=O)O)nnc2s1. The topological polar surface area (TPSA) is 106 Å². The summed E-state index contributed by atoms with van der Waals surface area (Å²) >= 11 is 1.22. The molecule has 0 aliphatic heterocycles. The van der Waals surface area contributed by atoms with Crippen LogP contribution in [0.25, 0.3) is 4.96 Å². The summed E-state index contributed by atoms with van der Waals surface area (Å²) < 4.78 is 1.48. The Kier molecular flexibility index (Phi) is 2.04. The number of rotatable bonds is 3. The lowest BCUT2D eigenvalue weighted by Crippen LogP contribution is -2.02. The van der Waals surface area contributed by atoms with Gasteiger partial charge in [0.25, 0.3) is 0 Å². The number of aliphatic carboxylic acids is 1. The molecule has 0 spiro atoms. The number of carboxylic acid groups (broad SMARTS) is 1. The predicted molar refractivity (Wildman–Crippen MR) is 49.0 cm³/mol. The Morgan fingerprint density at radius 2 is 2.36 bits per heavy atom. The Hall–Kier alpha value is -1.70. The molecule has 0 aliphatic carbocycles. The summed E-state index contributed by atoms with van der Waals surface area (Å²) in [5.74, 6) is -0.347. The molecule has 0 saturated heterocycles. The summed E-state index contributed by atoms with van der Waals surface area (Å²) in [5.41, 5.74) is 5.46. The van der Waals surface area contributed by atoms with Gasteiger partial charge in [-0.05, 0) is 0 Å². The molecule has 8 heteroatoms. The minimum Gasteiger partial charge on any atom is -0.481 e. The number of fused-ring (bicyclic) bond motifs is 1. The first-order chi connectivity index (χ1) is 6.66. The van der Waals surface area contributed by atoms with Gasteiger partial charge in [-0.3, -0.25) is 4.79 Å². The fourth-order valence-corrected chi connectivity index (χ4v) is 1.67. The first-order valence-corrected chi connectivity index (χ1v) is 4.67. The second kappa shape index (κ2) is 3.22. The van der Waals surface area contributed by atoms with Gasteiger partial charge < -0.3 is 10.8 Å². The zero-order valence-electron chi connectivity index (χ0n) is 7.04. The summed E-state index contributed by atoms with van der Waals surface area (Å²) in [5, 5.41) is 20.5. The average Bonchev–Trinajstić information content (AvgIpc) is 2.60. The van der Waals surface area contributed by atoms with Crippen LogP contribution in [-0.2, 0) is 11.2 Å². The van der Waals surface area contributed by atoms with Gasteiger partial charge >= 0.3 is 5.97 Å². The van der Waals surface area contributed by atoms with Crippen molar-refractivity contribution in [1.82, 2.24) is 19.8 Å². The van der Waals surface area contributed by atoms with E-state index in [0.717, 1.165) is 0 Å². The molecule has 0 aromatic carbocycles. The highest BCUT2D eigenvalue weighted by atomic mass is 32.1. The van der Waals surface area contributed by atoms with Crippen LogP contribution in [0.3, 0.4) is 0 Å². The first-order valence-electron chi connectivity index (χ1n) is 3.85. The lowest BCUT2D eigenvalue weighted by Gasteiger charge is -1.91. The maximum Gasteiger partial charge on any atom is 0.303 e. The van der Waals surface area contributed by atoms with Crippen LogP contribution in [0.5, 0.6) is 0 Å². The summed E-state index contributed by atoms with van der Waals surface area (Å²) in [4.78, 5) is 10.9. The molecule has 2 rings (SSSR count). The summed E-state index contributed by atoms with van der Waals surface area (Å²) in [6.07, 6.45) is 0.317. The minimum absolute atomic E-state index is 0.0121. The molecule has 0 fully saturated rings. The molecular formula is C6H7N5O2S. The van der Waals surface area contributed by atoms with Gasteiger partial charge in [-0.25, -0.2) is 0 Å². The van der Waals surface area contributed by atoms with E-state index in [9.17, 15) is 4.79 Å². The number of nitrogens with two attached hydrogens (primary N) is 1. The molecule has 74 valence electrons. The Labute approximate surface area is 82.2 Å². The fourth-order valence-electron chi connectivity index (χ4n) is 1.05. The monoisotopic (exact) mass is 213 g/mol. The zero-order valence-corrected chi connectivity index (χ0v) is 7.86. The number of aromatic nitrogens is 4. The van der Waals surface area contributed by atoms with E-state index in [4.69, 9.17) is 10.8 Å². The predicted octanol–water partition coefficient (Wildman–Crippen LogP) is -0.215. The van der Waals surface area contributed by atoms with Gasteiger partial charge in [0, 0.05) is 6.42 Å². The highest BCUT2D eigenvalue weighted by Crippen LogP contribution is 2.15. The third-order valence-electron chi connectivity index (χ3n) is 1.63. The van der Waals surface area contributed by atoms with Gasteiger partial charge in [-0.1, -0.05) is 11.3 Å². The van der Waals surface area contributed by atoms with Crippen molar-refractivity contribution in [2.45, 2.75) is 12.8 Å². The molecule has 7 nitrogen and oxygen atoms in total. The summed E-state index contributed by atoms with van der Waals surface area (Å²) in [6, 6.07) is 0. The molecule has 2 heterocycles. The quantitative estimate of drug-likeness (QED) is 0.730. The lowest BCUT2D eigenvalue weighted by molar-refractivity contribution is -0.137. The highest BCUT2D eigenvalue weighted by Gasteiger charge is 2.10. The smallest absolute Gasteiger partial charge is 0.303 e. The molecule has 0 unspecified atom stereocenters. The normalized spacial score (nSPS) is 10.9. The van der Waals surface area contributed by atoms with Gasteiger partial charge in [0.1, 0.15) is 0 Å². The average molecular weight is 213 g/mol. The van der Waals surface area contributed by atoms with Crippen LogP contribution >= 0.6 is 11.3 Å². The van der Waals surface area contributed by atoms with E-state index < -0.39 is 5.97 Å². The van der Waals surface area contributed by atoms with Crippen LogP contribution in [0.2, 0.25) is 0 Å². The molecule has 14 heavy (non-hydrogen) atoms. The lowest BCUT2D eigenvalue weighted by atomic mass is 10.3. The van der Waals surface area contributed by atoms with Crippen molar-refractivity contribution in [2.24, 2.45) is 0 Å². The second-order valence-corrected chi connectivity index (χ2v) is 3.63. The molecule has 2 aromatic rings. The Bertz CT molecular complexity index is 475. The number of anilines is 1. The van der Waals surface area contributed by atoms with Crippen molar-refractivity contribution in [2.75, 3.05) is 5.73 Å². The van der Waals surface area contributed by atoms with Crippen LogP contribution in [0.4, 0.5) is 5.13 Å². The molecule has 0 saturated carbocycles. The van der Waals surface area contributed by atoms with Gasteiger partial charge in [-0.15, -0.1) is 15.3 Å². The summed E-state index contributed by atoms with van der Waals surface area (Å²) in [7, 11) is 0. The zero-order chi connectivity index (χ0) is 10.1. The number of hydrogen-bond acceptors (Lipinski definition) is 6. The van der Waals surface area contributed by atoms with Crippen molar-refractivity contribution in [3.63, 3.8) is 0 Å². The van der Waals surface area contributed by atoms with Crippen LogP contribution in [-0.4, -0.2) is 30.9 Å². The Morgan fingerprint density at radius 3 is 3.07 bits per heavy atom. The number of aryl methyl sites for hydroxylation is 1. The maximum atomic E-state index is 10.3. The third kappa shape index (κ3) is 1.51. The molecule has 3 N–H and O–H groups in total. The second-order valence-electron chi connectivity index (χ2n) is 2.64. The van der Waals surface area contributed by atoms with Crippen LogP contribution in [0.1, 0.15) is 12.2 Å². The van der Waals surface area contributed by atoms with Crippen LogP contribution < -0.4 is 5.73 Å². The molecule has 0 radical (unpaired) electrons. The van der Waals surface area contributed by atoms with Crippen LogP contribution in [0, 0.1) is 0 Å². The van der Waals surface area contributed by atoms with E-state index in [1.165, 1.54) is 15.9 Å². The largest absolute Gasteiger partial charge is 0.481 e. The molecule has 0 amide bonds. The van der Waals surface area contributed by atoms with E-state index in [-0.39, 0.29) is 6.42 Å². The van der Waals surface area contributed by atoms with Crippen molar-refractivity contribution in [1.29, 1.82) is 0 Å². The third-order valence-corrected chi connectivity index (χ3v) is 2.36. The maximum absolute atomic E-state index is 10.3. The number of nitrogens with zero attached hydrogens (tertiary/aromatic N) is 4. The van der Waals surface area contributed by atoms with Crippen molar-refractivity contribution < 1.29 is 9.90 Å². The molecule has 0 aliphatic rings. The van der Waals surface area contributed by atoms with Crippen molar-refractivity contribution in [3.05, 3.63) is 5.82 Å². The Morgan fingerprint density at radius 1 is 1.57 bits per heavy atom. The number of carboxylic acids is 1. The van der Waals surface area contributed by atoms with Gasteiger partial charge in [-0.2, -0.15) is 4.52 Å². The van der Waals surface area contributed by atoms with Gasteiger partial charge in [0.05, 0.1) is 6.42 Å². The standard InChI is InChI=1S/C6H7N5O2S/c7-5-10-11-3(1-2-4(12)13)8-9-6(11)14-5/h1-2H2,(H2,7,10)(H,12,13). The molecule has 2 aromatic heterocycles. The molecular weight excluding hydrogens is 206 g/mol. The molecule has 0 atom stereocenters. The van der Waals surface area contributed by atoms with E-state index in [1.54, 1.807) is 0 Å². The van der Waals surface area contributed by atoms with E-state index in [0.29, 0.717) is 22.3 Å². The van der Waals surface area contributed by atoms with E-state index >= 15 is 0 Å². The number of hydrogen-bond donors (Lipinski definition) is 2. The van der Waals surface area contributed by atoms with E-state index in [2.05, 4.69) is 15.3 Å². The number of carbonyl (C=O) groups is 1. The van der Waals surface area contributed by atoms with Crippen molar-refractivity contribution >= 4 is 27.4 Å². The highest BCUT2D eigenvalue weighted by molar-refractivity contribution is 7.20. The van der Waals surface area contributed by atoms with E-state index in [1.807, 2.05) is 0 Å². The number of nitrogen functional groups attached to an aromatic ring is 1. The summed E-state index contributed by atoms with van der Waals surface area (Å²) in [6.45, 7) is 0. The minimum atomic E-state index is -0.870. The Balaban J connectivity index is 2.28. The van der Waals surface area contributed by atoms with Crippen LogP contribution in [0.15, 0.2) is 0 Å². The van der Waals surface area contributed by atoms with Crippen molar-refractivity contribution in [3.8, 4) is 0 Å². The fraction of sp³-hybridized carbons (Fsp3) is 0.333.